The third-order valence-electron chi connectivity index (χ3n) is 4.95. The minimum Gasteiger partial charge on any atom is -0.353 e. The molecule has 0 atom stereocenters. The number of carbonyl (C=O) groups excluding carboxylic acids is 1. The maximum atomic E-state index is 12.9. The lowest BCUT2D eigenvalue weighted by Gasteiger charge is -2.35. The van der Waals surface area contributed by atoms with Gasteiger partial charge in [0.2, 0.25) is 0 Å². The van der Waals surface area contributed by atoms with Crippen molar-refractivity contribution in [3.63, 3.8) is 0 Å². The summed E-state index contributed by atoms with van der Waals surface area (Å²) in [5.74, 6) is 2.37. The smallest absolute Gasteiger partial charge is 0.282 e. The number of aromatic nitrogens is 5. The number of amides is 1. The van der Waals surface area contributed by atoms with Gasteiger partial charge in [0.05, 0.1) is 10.2 Å². The van der Waals surface area contributed by atoms with E-state index in [9.17, 15) is 4.79 Å². The van der Waals surface area contributed by atoms with Gasteiger partial charge in [0.1, 0.15) is 23.8 Å². The normalized spacial score (nSPS) is 14.5. The Bertz CT molecular complexity index is 1130. The quantitative estimate of drug-likeness (QED) is 0.521. The van der Waals surface area contributed by atoms with Gasteiger partial charge in [-0.3, -0.25) is 9.36 Å². The average Bonchev–Trinajstić information content (AvgIpc) is 3.43. The second-order valence-electron chi connectivity index (χ2n) is 6.87. The number of thiazole rings is 1. The Morgan fingerprint density at radius 1 is 1.03 bits per heavy atom. The van der Waals surface area contributed by atoms with Crippen molar-refractivity contribution in [2.75, 3.05) is 31.1 Å². The molecule has 146 valence electrons. The first kappa shape index (κ1) is 17.7. The Morgan fingerprint density at radius 2 is 1.83 bits per heavy atom. The van der Waals surface area contributed by atoms with Crippen LogP contribution >= 0.6 is 11.3 Å². The van der Waals surface area contributed by atoms with Gasteiger partial charge in [0.25, 0.3) is 5.91 Å². The minimum atomic E-state index is 0.00354. The highest BCUT2D eigenvalue weighted by atomic mass is 32.1. The first-order chi connectivity index (χ1) is 14.2. The molecular weight excluding hydrogens is 386 g/mol. The van der Waals surface area contributed by atoms with E-state index in [-0.39, 0.29) is 5.91 Å². The predicted molar refractivity (Wildman–Crippen MR) is 112 cm³/mol. The number of anilines is 1. The first-order valence-electron chi connectivity index (χ1n) is 9.41. The van der Waals surface area contributed by atoms with E-state index in [1.807, 2.05) is 52.9 Å². The molecule has 0 unspecified atom stereocenters. The van der Waals surface area contributed by atoms with Gasteiger partial charge in [-0.1, -0.05) is 12.1 Å². The molecule has 0 N–H and O–H groups in total. The second-order valence-corrected chi connectivity index (χ2v) is 7.90. The Labute approximate surface area is 171 Å². The van der Waals surface area contributed by atoms with E-state index in [0.717, 1.165) is 34.9 Å². The number of carbonyl (C=O) groups is 1. The first-order valence-corrected chi connectivity index (χ1v) is 10.2. The summed E-state index contributed by atoms with van der Waals surface area (Å²) in [6, 6.07) is 9.80. The molecule has 3 aromatic heterocycles. The molecule has 4 heterocycles. The molecule has 5 rings (SSSR count). The highest BCUT2D eigenvalue weighted by Gasteiger charge is 2.25. The van der Waals surface area contributed by atoms with Gasteiger partial charge in [0.15, 0.2) is 5.01 Å². The fourth-order valence-corrected chi connectivity index (χ4v) is 4.40. The van der Waals surface area contributed by atoms with Crippen LogP contribution in [-0.2, 0) is 0 Å². The SMILES string of the molecule is Cc1nc(N2CCN(C(=O)c3nc4ccccc4s3)CC2)cc(-n2ccnc2)n1. The topological polar surface area (TPSA) is 80.0 Å². The van der Waals surface area contributed by atoms with Crippen LogP contribution in [-0.4, -0.2) is 61.5 Å². The molecule has 1 saturated heterocycles. The van der Waals surface area contributed by atoms with E-state index in [1.165, 1.54) is 11.3 Å². The van der Waals surface area contributed by atoms with E-state index in [0.29, 0.717) is 23.9 Å². The zero-order valence-electron chi connectivity index (χ0n) is 15.9. The molecule has 0 spiro atoms. The Kier molecular flexibility index (Phi) is 4.44. The molecule has 1 aromatic carbocycles. The fourth-order valence-electron chi connectivity index (χ4n) is 3.46. The van der Waals surface area contributed by atoms with Gasteiger partial charge >= 0.3 is 0 Å². The van der Waals surface area contributed by atoms with Crippen LogP contribution in [0.5, 0.6) is 0 Å². The number of para-hydroxylation sites is 1. The maximum absolute atomic E-state index is 12.9. The molecular formula is C20H19N7OS. The van der Waals surface area contributed by atoms with Crippen molar-refractivity contribution in [1.29, 1.82) is 0 Å². The van der Waals surface area contributed by atoms with E-state index < -0.39 is 0 Å². The van der Waals surface area contributed by atoms with Crippen LogP contribution in [0.1, 0.15) is 15.6 Å². The van der Waals surface area contributed by atoms with Crippen LogP contribution < -0.4 is 4.90 Å². The van der Waals surface area contributed by atoms with Gasteiger partial charge in [-0.25, -0.2) is 19.9 Å². The molecule has 8 nitrogen and oxygen atoms in total. The molecule has 0 aliphatic carbocycles. The standard InChI is InChI=1S/C20H19N7OS/c1-14-22-17(12-18(23-14)27-7-6-21-13-27)25-8-10-26(11-9-25)20(28)19-24-15-4-2-3-5-16(15)29-19/h2-7,12-13H,8-11H2,1H3. The Hall–Kier alpha value is -3.33. The largest absolute Gasteiger partial charge is 0.353 e. The number of rotatable bonds is 3. The summed E-state index contributed by atoms with van der Waals surface area (Å²) in [5.41, 5.74) is 0.878. The third kappa shape index (κ3) is 3.44. The molecule has 1 aliphatic heterocycles. The van der Waals surface area contributed by atoms with E-state index in [2.05, 4.69) is 24.8 Å². The maximum Gasteiger partial charge on any atom is 0.282 e. The fraction of sp³-hybridized carbons (Fsp3) is 0.250. The van der Waals surface area contributed by atoms with Gasteiger partial charge in [-0.15, -0.1) is 11.3 Å². The van der Waals surface area contributed by atoms with Crippen LogP contribution in [0.15, 0.2) is 49.1 Å². The highest BCUT2D eigenvalue weighted by Crippen LogP contribution is 2.24. The van der Waals surface area contributed by atoms with Gasteiger partial charge < -0.3 is 9.80 Å². The Balaban J connectivity index is 1.31. The molecule has 0 saturated carbocycles. The predicted octanol–water partition coefficient (Wildman–Crippen LogP) is 2.54. The third-order valence-corrected chi connectivity index (χ3v) is 5.97. The molecule has 9 heteroatoms. The number of nitrogens with zero attached hydrogens (tertiary/aromatic N) is 7. The van der Waals surface area contributed by atoms with Gasteiger partial charge in [0, 0.05) is 44.6 Å². The molecule has 4 aromatic rings. The van der Waals surface area contributed by atoms with Crippen LogP contribution in [0.25, 0.3) is 16.0 Å². The average molecular weight is 405 g/mol. The van der Waals surface area contributed by atoms with E-state index in [4.69, 9.17) is 0 Å². The summed E-state index contributed by atoms with van der Waals surface area (Å²) in [5, 5.41) is 0.555. The van der Waals surface area contributed by atoms with Crippen molar-refractivity contribution in [3.05, 3.63) is 59.9 Å². The summed E-state index contributed by atoms with van der Waals surface area (Å²) in [4.78, 5) is 34.6. The lowest BCUT2D eigenvalue weighted by atomic mass is 10.3. The van der Waals surface area contributed by atoms with Crippen molar-refractivity contribution >= 4 is 33.3 Å². The van der Waals surface area contributed by atoms with Crippen LogP contribution in [0.2, 0.25) is 0 Å². The monoisotopic (exact) mass is 405 g/mol. The number of piperazine rings is 1. The summed E-state index contributed by atoms with van der Waals surface area (Å²) in [7, 11) is 0. The van der Waals surface area contributed by atoms with Crippen molar-refractivity contribution < 1.29 is 4.79 Å². The lowest BCUT2D eigenvalue weighted by molar-refractivity contribution is 0.0746. The summed E-state index contributed by atoms with van der Waals surface area (Å²) < 4.78 is 2.91. The minimum absolute atomic E-state index is 0.00354. The zero-order valence-corrected chi connectivity index (χ0v) is 16.7. The molecule has 1 amide bonds. The Morgan fingerprint density at radius 3 is 2.59 bits per heavy atom. The number of fused-ring (bicyclic) bond motifs is 1. The van der Waals surface area contributed by atoms with E-state index in [1.54, 1.807) is 12.5 Å². The number of imidazole rings is 1. The number of aryl methyl sites for hydroxylation is 1. The number of hydrogen-bond donors (Lipinski definition) is 0. The lowest BCUT2D eigenvalue weighted by Crippen LogP contribution is -2.49. The summed E-state index contributed by atoms with van der Waals surface area (Å²) in [6.07, 6.45) is 5.31. The summed E-state index contributed by atoms with van der Waals surface area (Å²) >= 11 is 1.45. The van der Waals surface area contributed by atoms with Crippen molar-refractivity contribution in [1.82, 2.24) is 29.4 Å². The van der Waals surface area contributed by atoms with Gasteiger partial charge in [-0.2, -0.15) is 0 Å². The van der Waals surface area contributed by atoms with Crippen molar-refractivity contribution in [2.24, 2.45) is 0 Å². The zero-order chi connectivity index (χ0) is 19.8. The molecule has 1 fully saturated rings. The van der Waals surface area contributed by atoms with E-state index >= 15 is 0 Å². The van der Waals surface area contributed by atoms with Crippen LogP contribution in [0, 0.1) is 6.92 Å². The highest BCUT2D eigenvalue weighted by molar-refractivity contribution is 7.20. The van der Waals surface area contributed by atoms with Gasteiger partial charge in [-0.05, 0) is 19.1 Å². The summed E-state index contributed by atoms with van der Waals surface area (Å²) in [6.45, 7) is 4.60. The van der Waals surface area contributed by atoms with Crippen LogP contribution in [0.4, 0.5) is 5.82 Å². The molecule has 0 bridgehead atoms. The number of benzene rings is 1. The molecule has 0 radical (unpaired) electrons. The molecule has 29 heavy (non-hydrogen) atoms. The van der Waals surface area contributed by atoms with Crippen molar-refractivity contribution in [2.45, 2.75) is 6.92 Å². The molecule has 1 aliphatic rings. The van der Waals surface area contributed by atoms with Crippen molar-refractivity contribution in [3.8, 4) is 5.82 Å². The number of hydrogen-bond acceptors (Lipinski definition) is 7. The second kappa shape index (κ2) is 7.25. The van der Waals surface area contributed by atoms with Crippen LogP contribution in [0.3, 0.4) is 0 Å².